The fourth-order valence-corrected chi connectivity index (χ4v) is 3.94. The average molecular weight is 355 g/mol. The highest BCUT2D eigenvalue weighted by Gasteiger charge is 2.54. The molecule has 0 aromatic heterocycles. The molecule has 1 aromatic carbocycles. The Kier molecular flexibility index (Phi) is 3.89. The number of rotatable bonds is 3. The number of carbonyl (C=O) groups excluding carboxylic acids is 2. The number of aliphatic imine (C=N–C) groups is 1. The first-order chi connectivity index (χ1) is 12.4. The fourth-order valence-electron chi connectivity index (χ4n) is 3.94. The summed E-state index contributed by atoms with van der Waals surface area (Å²) in [6.45, 7) is 8.05. The van der Waals surface area contributed by atoms with E-state index in [1.807, 2.05) is 13.8 Å². The van der Waals surface area contributed by atoms with Crippen LogP contribution in [-0.2, 0) is 4.79 Å². The molecule has 3 heterocycles. The predicted molar refractivity (Wildman–Crippen MR) is 100.0 cm³/mol. The topological polar surface area (TPSA) is 59.5 Å². The molecule has 3 aliphatic heterocycles. The van der Waals surface area contributed by atoms with Gasteiger partial charge in [0.05, 0.1) is 0 Å². The van der Waals surface area contributed by atoms with E-state index in [1.165, 1.54) is 10.5 Å². The minimum Gasteiger partial charge on any atom is -0.325 e. The molecule has 138 valence electrons. The van der Waals surface area contributed by atoms with Crippen molar-refractivity contribution in [2.45, 2.75) is 33.0 Å². The molecule has 3 amide bonds. The Labute approximate surface area is 153 Å². The van der Waals surface area contributed by atoms with Crippen LogP contribution in [0.1, 0.15) is 19.4 Å². The van der Waals surface area contributed by atoms with Crippen LogP contribution in [0.25, 0.3) is 0 Å². The first-order valence-corrected chi connectivity index (χ1v) is 9.15. The van der Waals surface area contributed by atoms with E-state index in [1.54, 1.807) is 11.9 Å². The van der Waals surface area contributed by atoms with Crippen LogP contribution in [0, 0.1) is 12.8 Å². The van der Waals surface area contributed by atoms with Gasteiger partial charge in [0, 0.05) is 32.4 Å². The molecule has 0 spiro atoms. The molecule has 26 heavy (non-hydrogen) atoms. The Morgan fingerprint density at radius 2 is 1.85 bits per heavy atom. The van der Waals surface area contributed by atoms with Gasteiger partial charge >= 0.3 is 6.03 Å². The number of hydrogen-bond donors (Lipinski definition) is 0. The summed E-state index contributed by atoms with van der Waals surface area (Å²) in [5.74, 6) is 0.900. The average Bonchev–Trinajstić information content (AvgIpc) is 3.16. The summed E-state index contributed by atoms with van der Waals surface area (Å²) in [6.07, 6.45) is -0.443. The van der Waals surface area contributed by atoms with Gasteiger partial charge in [-0.25, -0.2) is 9.79 Å². The molecule has 0 N–H and O–H groups in total. The number of urea groups is 1. The van der Waals surface area contributed by atoms with Gasteiger partial charge in [0.15, 0.2) is 12.2 Å². The summed E-state index contributed by atoms with van der Waals surface area (Å²) in [5.41, 5.74) is 2.27. The number of fused-ring (bicyclic) bond motifs is 3. The number of hydrogen-bond acceptors (Lipinski definition) is 5. The minimum absolute atomic E-state index is 0.128. The zero-order chi connectivity index (χ0) is 18.6. The van der Waals surface area contributed by atoms with Crippen LogP contribution in [0.4, 0.5) is 10.5 Å². The van der Waals surface area contributed by atoms with Gasteiger partial charge in [-0.1, -0.05) is 31.5 Å². The molecule has 2 fully saturated rings. The highest BCUT2D eigenvalue weighted by atomic mass is 16.2. The van der Waals surface area contributed by atoms with E-state index in [-0.39, 0.29) is 17.9 Å². The number of imide groups is 1. The van der Waals surface area contributed by atoms with Crippen molar-refractivity contribution in [3.05, 3.63) is 29.8 Å². The lowest BCUT2D eigenvalue weighted by Crippen LogP contribution is -2.65. The second-order valence-corrected chi connectivity index (χ2v) is 7.70. The molecule has 4 rings (SSSR count). The molecule has 0 aliphatic carbocycles. The Balaban J connectivity index is 1.65. The maximum absolute atomic E-state index is 13.1. The lowest BCUT2D eigenvalue weighted by atomic mass is 10.1. The number of nitrogens with zero attached hydrogens (tertiary/aromatic N) is 5. The molecule has 0 bridgehead atoms. The smallest absolute Gasteiger partial charge is 0.325 e. The number of benzene rings is 1. The second kappa shape index (κ2) is 6.00. The van der Waals surface area contributed by atoms with Gasteiger partial charge in [0.25, 0.3) is 5.91 Å². The minimum atomic E-state index is -0.443. The Bertz CT molecular complexity index is 773. The van der Waals surface area contributed by atoms with E-state index in [9.17, 15) is 9.59 Å². The lowest BCUT2D eigenvalue weighted by Gasteiger charge is -2.41. The SMILES string of the molecule is Cc1ccc(N2CCN3C2=NC2C3C(=O)N(CC(C)C)C(=O)N2C)cc1. The normalized spacial score (nSPS) is 25.2. The van der Waals surface area contributed by atoms with Gasteiger partial charge in [-0.15, -0.1) is 0 Å². The number of guanidine groups is 1. The molecular weight excluding hydrogens is 330 g/mol. The molecule has 3 aliphatic rings. The lowest BCUT2D eigenvalue weighted by molar-refractivity contribution is -0.137. The third kappa shape index (κ3) is 2.45. The monoisotopic (exact) mass is 355 g/mol. The van der Waals surface area contributed by atoms with Crippen molar-refractivity contribution in [2.24, 2.45) is 10.9 Å². The quantitative estimate of drug-likeness (QED) is 0.829. The fraction of sp³-hybridized carbons (Fsp3) is 0.526. The number of likely N-dealkylation sites (N-methyl/N-ethyl adjacent to an activating group) is 1. The zero-order valence-electron chi connectivity index (χ0n) is 15.7. The van der Waals surface area contributed by atoms with E-state index >= 15 is 0 Å². The van der Waals surface area contributed by atoms with Crippen LogP contribution >= 0.6 is 0 Å². The van der Waals surface area contributed by atoms with Gasteiger partial charge in [-0.3, -0.25) is 9.69 Å². The van der Waals surface area contributed by atoms with Crippen molar-refractivity contribution in [2.75, 3.05) is 31.6 Å². The van der Waals surface area contributed by atoms with Gasteiger partial charge in [-0.2, -0.15) is 0 Å². The van der Waals surface area contributed by atoms with Crippen molar-refractivity contribution in [1.82, 2.24) is 14.7 Å². The number of aryl methyl sites for hydroxylation is 1. The van der Waals surface area contributed by atoms with E-state index in [4.69, 9.17) is 4.99 Å². The summed E-state index contributed by atoms with van der Waals surface area (Å²) >= 11 is 0. The molecule has 7 nitrogen and oxygen atoms in total. The molecule has 0 saturated carbocycles. The summed E-state index contributed by atoms with van der Waals surface area (Å²) in [4.78, 5) is 37.7. The van der Waals surface area contributed by atoms with Crippen LogP contribution in [0.5, 0.6) is 0 Å². The summed E-state index contributed by atoms with van der Waals surface area (Å²) < 4.78 is 0. The first-order valence-electron chi connectivity index (χ1n) is 9.15. The van der Waals surface area contributed by atoms with Gasteiger partial charge in [0.2, 0.25) is 5.96 Å². The highest BCUT2D eigenvalue weighted by Crippen LogP contribution is 2.33. The van der Waals surface area contributed by atoms with Crippen molar-refractivity contribution in [1.29, 1.82) is 0 Å². The van der Waals surface area contributed by atoms with Crippen molar-refractivity contribution in [3.63, 3.8) is 0 Å². The Morgan fingerprint density at radius 1 is 1.15 bits per heavy atom. The Morgan fingerprint density at radius 3 is 2.50 bits per heavy atom. The highest BCUT2D eigenvalue weighted by molar-refractivity contribution is 6.07. The summed E-state index contributed by atoms with van der Waals surface area (Å²) in [7, 11) is 1.74. The number of amides is 3. The molecule has 2 atom stereocenters. The van der Waals surface area contributed by atoms with Gasteiger partial charge < -0.3 is 14.7 Å². The van der Waals surface area contributed by atoms with Crippen LogP contribution in [0.15, 0.2) is 29.3 Å². The maximum atomic E-state index is 13.1. The second-order valence-electron chi connectivity index (χ2n) is 7.70. The largest absolute Gasteiger partial charge is 0.328 e. The maximum Gasteiger partial charge on any atom is 0.328 e. The third-order valence-electron chi connectivity index (χ3n) is 5.27. The van der Waals surface area contributed by atoms with E-state index in [0.29, 0.717) is 6.54 Å². The van der Waals surface area contributed by atoms with Gasteiger partial charge in [0.1, 0.15) is 0 Å². The van der Waals surface area contributed by atoms with Crippen molar-refractivity contribution >= 4 is 23.6 Å². The summed E-state index contributed by atoms with van der Waals surface area (Å²) in [5, 5.41) is 0. The first kappa shape index (κ1) is 16.9. The third-order valence-corrected chi connectivity index (χ3v) is 5.27. The molecule has 1 aromatic rings. The van der Waals surface area contributed by atoms with E-state index in [2.05, 4.69) is 41.0 Å². The van der Waals surface area contributed by atoms with E-state index in [0.717, 1.165) is 24.7 Å². The van der Waals surface area contributed by atoms with Crippen LogP contribution in [0.3, 0.4) is 0 Å². The predicted octanol–water partition coefficient (Wildman–Crippen LogP) is 1.73. The molecule has 2 unspecified atom stereocenters. The summed E-state index contributed by atoms with van der Waals surface area (Å²) in [6, 6.07) is 7.63. The molecule has 2 saturated heterocycles. The zero-order valence-corrected chi connectivity index (χ0v) is 15.7. The number of anilines is 1. The molecule has 0 radical (unpaired) electrons. The molecule has 7 heteroatoms. The van der Waals surface area contributed by atoms with Crippen molar-refractivity contribution in [3.8, 4) is 0 Å². The van der Waals surface area contributed by atoms with Gasteiger partial charge in [-0.05, 0) is 25.0 Å². The van der Waals surface area contributed by atoms with E-state index < -0.39 is 12.2 Å². The molecular formula is C19H25N5O2. The van der Waals surface area contributed by atoms with Crippen LogP contribution in [-0.4, -0.2) is 71.5 Å². The number of carbonyl (C=O) groups is 2. The Hall–Kier alpha value is -2.57. The van der Waals surface area contributed by atoms with Crippen LogP contribution in [0.2, 0.25) is 0 Å². The van der Waals surface area contributed by atoms with Crippen molar-refractivity contribution < 1.29 is 9.59 Å². The standard InChI is InChI=1S/C19H25N5O2/c1-12(2)11-24-17(25)15-16(21(4)19(24)26)20-18-22(9-10-23(15)18)14-7-5-13(3)6-8-14/h5-8,12,15-16H,9-11H2,1-4H3. The van der Waals surface area contributed by atoms with Crippen LogP contribution < -0.4 is 4.90 Å².